The van der Waals surface area contributed by atoms with Gasteiger partial charge in [-0.1, -0.05) is 30.3 Å². The average Bonchev–Trinajstić information content (AvgIpc) is 3.22. The number of hydrogen-bond donors (Lipinski definition) is 2. The van der Waals surface area contributed by atoms with Gasteiger partial charge in [0, 0.05) is 27.7 Å². The summed E-state index contributed by atoms with van der Waals surface area (Å²) in [6.45, 7) is 1.62. The molecule has 6 aromatic rings. The first-order chi connectivity index (χ1) is 17.4. The van der Waals surface area contributed by atoms with Crippen molar-refractivity contribution in [1.82, 2.24) is 9.38 Å². The molecule has 176 valence electrons. The lowest BCUT2D eigenvalue weighted by Crippen LogP contribution is -2.31. The summed E-state index contributed by atoms with van der Waals surface area (Å²) in [6.07, 6.45) is 0.865. The van der Waals surface area contributed by atoms with Crippen molar-refractivity contribution in [3.63, 3.8) is 0 Å². The number of nitrogens with two attached hydrogens (primary N) is 1. The van der Waals surface area contributed by atoms with Crippen LogP contribution in [0, 0.1) is 0 Å². The topological polar surface area (TPSA) is 116 Å². The standard InChI is InChI=1S/C28H20N4O4/c1-15(27(34)31-22-9-5-4-8-20(22)26(29)33)36-16-10-11-23-21(14-16)18-12-13-30-24-17-6-2-3-7-19(17)28(35)32(23)25(18)24/h2-15H,1H3,(H2,29,33)(H,31,34)/t15-/m0/s1. The SMILES string of the molecule is C[C@H](Oc1ccc2c(c1)c1ccnc3c4ccccc4c(=O)n2c13)C(=O)Nc1ccccc1C(N)=O. The van der Waals surface area contributed by atoms with Crippen molar-refractivity contribution < 1.29 is 14.3 Å². The van der Waals surface area contributed by atoms with Gasteiger partial charge in [-0.15, -0.1) is 0 Å². The van der Waals surface area contributed by atoms with Gasteiger partial charge in [-0.2, -0.15) is 0 Å². The number of primary amides is 1. The first-order valence-corrected chi connectivity index (χ1v) is 11.4. The van der Waals surface area contributed by atoms with E-state index in [1.807, 2.05) is 36.4 Å². The fraction of sp³-hybridized carbons (Fsp3) is 0.0714. The molecule has 3 aromatic carbocycles. The predicted molar refractivity (Wildman–Crippen MR) is 139 cm³/mol. The summed E-state index contributed by atoms with van der Waals surface area (Å²) >= 11 is 0. The molecule has 0 saturated carbocycles. The first-order valence-electron chi connectivity index (χ1n) is 11.4. The summed E-state index contributed by atoms with van der Waals surface area (Å²) in [5.74, 6) is -0.597. The molecule has 6 rings (SSSR count). The number of benzene rings is 3. The average molecular weight is 476 g/mol. The third-order valence-corrected chi connectivity index (χ3v) is 6.40. The number of pyridine rings is 2. The number of aromatic nitrogens is 2. The largest absolute Gasteiger partial charge is 0.481 e. The van der Waals surface area contributed by atoms with Crippen LogP contribution >= 0.6 is 0 Å². The number of para-hydroxylation sites is 1. The Morgan fingerprint density at radius 3 is 2.50 bits per heavy atom. The van der Waals surface area contributed by atoms with Crippen molar-refractivity contribution in [2.75, 3.05) is 5.32 Å². The third-order valence-electron chi connectivity index (χ3n) is 6.40. The van der Waals surface area contributed by atoms with Crippen molar-refractivity contribution in [2.45, 2.75) is 13.0 Å². The fourth-order valence-corrected chi connectivity index (χ4v) is 4.72. The first kappa shape index (κ1) is 21.5. The van der Waals surface area contributed by atoms with Gasteiger partial charge in [-0.25, -0.2) is 0 Å². The Hall–Kier alpha value is -4.98. The van der Waals surface area contributed by atoms with E-state index in [1.54, 1.807) is 53.9 Å². The summed E-state index contributed by atoms with van der Waals surface area (Å²) in [5, 5.41) is 5.80. The van der Waals surface area contributed by atoms with Crippen LogP contribution in [0.1, 0.15) is 17.3 Å². The van der Waals surface area contributed by atoms with Gasteiger partial charge < -0.3 is 15.8 Å². The van der Waals surface area contributed by atoms with Gasteiger partial charge in [-0.05, 0) is 49.4 Å². The molecule has 0 fully saturated rings. The molecule has 36 heavy (non-hydrogen) atoms. The number of nitrogens with one attached hydrogen (secondary N) is 1. The fourth-order valence-electron chi connectivity index (χ4n) is 4.72. The van der Waals surface area contributed by atoms with Crippen LogP contribution in [-0.2, 0) is 4.79 Å². The zero-order valence-electron chi connectivity index (χ0n) is 19.2. The molecule has 1 atom stereocenters. The van der Waals surface area contributed by atoms with E-state index >= 15 is 0 Å². The van der Waals surface area contributed by atoms with E-state index in [0.717, 1.165) is 32.7 Å². The van der Waals surface area contributed by atoms with Crippen molar-refractivity contribution >= 4 is 55.6 Å². The molecule has 0 unspecified atom stereocenters. The molecule has 0 bridgehead atoms. The molecule has 0 aliphatic carbocycles. The van der Waals surface area contributed by atoms with E-state index in [9.17, 15) is 14.4 Å². The number of amides is 2. The van der Waals surface area contributed by atoms with Crippen LogP contribution in [0.15, 0.2) is 83.8 Å². The number of carbonyl (C=O) groups is 2. The van der Waals surface area contributed by atoms with Crippen LogP contribution in [0.2, 0.25) is 0 Å². The molecule has 3 heterocycles. The minimum absolute atomic E-state index is 0.111. The van der Waals surface area contributed by atoms with E-state index in [2.05, 4.69) is 10.3 Å². The Bertz CT molecular complexity index is 1890. The number of ether oxygens (including phenoxy) is 1. The van der Waals surface area contributed by atoms with Crippen LogP contribution < -0.4 is 21.3 Å². The summed E-state index contributed by atoms with van der Waals surface area (Å²) in [6, 6.07) is 21.2. The molecule has 8 heteroatoms. The maximum absolute atomic E-state index is 13.4. The quantitative estimate of drug-likeness (QED) is 0.364. The second-order valence-electron chi connectivity index (χ2n) is 8.58. The highest BCUT2D eigenvalue weighted by atomic mass is 16.5. The van der Waals surface area contributed by atoms with Gasteiger partial charge in [-0.3, -0.25) is 23.8 Å². The number of carbonyl (C=O) groups excluding carboxylic acids is 2. The minimum atomic E-state index is -0.865. The highest BCUT2D eigenvalue weighted by Crippen LogP contribution is 2.34. The molecular formula is C28H20N4O4. The maximum atomic E-state index is 13.4. The number of fused-ring (bicyclic) bond motifs is 5. The molecule has 3 aromatic heterocycles. The van der Waals surface area contributed by atoms with Gasteiger partial charge in [0.2, 0.25) is 0 Å². The zero-order chi connectivity index (χ0) is 25.0. The van der Waals surface area contributed by atoms with Crippen LogP contribution in [0.3, 0.4) is 0 Å². The van der Waals surface area contributed by atoms with E-state index in [4.69, 9.17) is 10.5 Å². The maximum Gasteiger partial charge on any atom is 0.265 e. The number of hydrogen-bond acceptors (Lipinski definition) is 5. The van der Waals surface area contributed by atoms with Gasteiger partial charge in [0.15, 0.2) is 6.10 Å². The van der Waals surface area contributed by atoms with Gasteiger partial charge in [0.1, 0.15) is 5.75 Å². The predicted octanol–water partition coefficient (Wildman–Crippen LogP) is 4.10. The third kappa shape index (κ3) is 3.23. The Kier molecular flexibility index (Phi) is 4.82. The van der Waals surface area contributed by atoms with E-state index < -0.39 is 17.9 Å². The lowest BCUT2D eigenvalue weighted by atomic mass is 10.1. The lowest BCUT2D eigenvalue weighted by molar-refractivity contribution is -0.122. The summed E-state index contributed by atoms with van der Waals surface area (Å²) < 4.78 is 7.64. The lowest BCUT2D eigenvalue weighted by Gasteiger charge is -2.16. The molecule has 0 radical (unpaired) electrons. The molecule has 0 spiro atoms. The molecule has 8 nitrogen and oxygen atoms in total. The van der Waals surface area contributed by atoms with Crippen molar-refractivity contribution in [1.29, 1.82) is 0 Å². The molecular weight excluding hydrogens is 456 g/mol. The van der Waals surface area contributed by atoms with Gasteiger partial charge >= 0.3 is 0 Å². The summed E-state index contributed by atoms with van der Waals surface area (Å²) in [4.78, 5) is 42.4. The highest BCUT2D eigenvalue weighted by Gasteiger charge is 2.20. The summed E-state index contributed by atoms with van der Waals surface area (Å²) in [7, 11) is 0. The van der Waals surface area contributed by atoms with E-state index in [1.165, 1.54) is 0 Å². The minimum Gasteiger partial charge on any atom is -0.481 e. The number of nitrogens with zero attached hydrogens (tertiary/aromatic N) is 2. The molecule has 0 saturated heterocycles. The molecule has 2 amide bonds. The second kappa shape index (κ2) is 8.06. The van der Waals surface area contributed by atoms with Gasteiger partial charge in [0.25, 0.3) is 17.4 Å². The van der Waals surface area contributed by atoms with E-state index in [0.29, 0.717) is 16.8 Å². The van der Waals surface area contributed by atoms with Crippen molar-refractivity contribution in [2.24, 2.45) is 5.73 Å². The van der Waals surface area contributed by atoms with Crippen LogP contribution in [-0.4, -0.2) is 27.3 Å². The van der Waals surface area contributed by atoms with Crippen molar-refractivity contribution in [3.8, 4) is 5.75 Å². The van der Waals surface area contributed by atoms with Crippen LogP contribution in [0.25, 0.3) is 38.1 Å². The molecule has 3 N–H and O–H groups in total. The van der Waals surface area contributed by atoms with Gasteiger partial charge in [0.05, 0.1) is 27.8 Å². The Morgan fingerprint density at radius 1 is 0.944 bits per heavy atom. The Labute approximate surface area is 204 Å². The zero-order valence-corrected chi connectivity index (χ0v) is 19.2. The smallest absolute Gasteiger partial charge is 0.265 e. The monoisotopic (exact) mass is 476 g/mol. The van der Waals surface area contributed by atoms with Crippen LogP contribution in [0.4, 0.5) is 5.69 Å². The number of rotatable bonds is 5. The Morgan fingerprint density at radius 2 is 1.69 bits per heavy atom. The molecule has 0 aliphatic heterocycles. The number of anilines is 1. The molecule has 0 aliphatic rings. The normalized spacial score (nSPS) is 12.4. The van der Waals surface area contributed by atoms with E-state index in [-0.39, 0.29) is 11.1 Å². The second-order valence-corrected chi connectivity index (χ2v) is 8.58. The Balaban J connectivity index is 1.40. The van der Waals surface area contributed by atoms with Crippen LogP contribution in [0.5, 0.6) is 5.75 Å². The van der Waals surface area contributed by atoms with Crippen molar-refractivity contribution in [3.05, 3.63) is 94.9 Å². The highest BCUT2D eigenvalue weighted by molar-refractivity contribution is 6.18. The summed E-state index contributed by atoms with van der Waals surface area (Å²) in [5.41, 5.74) is 8.07.